The molecule has 1 amide bonds. The SMILES string of the molecule is COC(=O)c1ccc(CNC(=O)[C@@H]2Cc3ccccc3CN2[C@H](C)c2ccc(F)cc2)cc1. The van der Waals surface area contributed by atoms with Crippen molar-refractivity contribution in [2.45, 2.75) is 38.5 Å². The molecule has 0 bridgehead atoms. The van der Waals surface area contributed by atoms with Gasteiger partial charge < -0.3 is 10.1 Å². The second-order valence-corrected chi connectivity index (χ2v) is 8.29. The molecule has 0 aromatic heterocycles. The fourth-order valence-corrected chi connectivity index (χ4v) is 4.31. The number of esters is 1. The van der Waals surface area contributed by atoms with Crippen LogP contribution in [0, 0.1) is 5.82 Å². The van der Waals surface area contributed by atoms with Crippen molar-refractivity contribution in [3.8, 4) is 0 Å². The summed E-state index contributed by atoms with van der Waals surface area (Å²) in [6.07, 6.45) is 0.606. The summed E-state index contributed by atoms with van der Waals surface area (Å²) in [5, 5.41) is 3.05. The second-order valence-electron chi connectivity index (χ2n) is 8.29. The van der Waals surface area contributed by atoms with E-state index in [0.29, 0.717) is 25.1 Å². The number of halogens is 1. The molecule has 1 aliphatic heterocycles. The Hall–Kier alpha value is -3.51. The zero-order chi connectivity index (χ0) is 23.4. The van der Waals surface area contributed by atoms with Gasteiger partial charge in [-0.15, -0.1) is 0 Å². The molecule has 2 atom stereocenters. The smallest absolute Gasteiger partial charge is 0.337 e. The van der Waals surface area contributed by atoms with Crippen LogP contribution in [0.5, 0.6) is 0 Å². The van der Waals surface area contributed by atoms with Gasteiger partial charge in [0.15, 0.2) is 0 Å². The van der Waals surface area contributed by atoms with Gasteiger partial charge in [0.1, 0.15) is 5.82 Å². The van der Waals surface area contributed by atoms with Crippen molar-refractivity contribution in [1.29, 1.82) is 0 Å². The molecule has 5 nitrogen and oxygen atoms in total. The number of carbonyl (C=O) groups excluding carboxylic acids is 2. The number of methoxy groups -OCH3 is 1. The predicted molar refractivity (Wildman–Crippen MR) is 124 cm³/mol. The molecule has 0 unspecified atom stereocenters. The Balaban J connectivity index is 1.51. The number of ether oxygens (including phenoxy) is 1. The Morgan fingerprint density at radius 1 is 1.03 bits per heavy atom. The number of rotatable bonds is 6. The zero-order valence-electron chi connectivity index (χ0n) is 18.8. The first kappa shape index (κ1) is 22.7. The molecule has 0 fully saturated rings. The quantitative estimate of drug-likeness (QED) is 0.570. The molecular formula is C27H27FN2O3. The molecule has 1 N–H and O–H groups in total. The maximum Gasteiger partial charge on any atom is 0.337 e. The van der Waals surface area contributed by atoms with Crippen molar-refractivity contribution < 1.29 is 18.7 Å². The Bertz CT molecular complexity index is 1130. The molecule has 0 radical (unpaired) electrons. The molecule has 33 heavy (non-hydrogen) atoms. The maximum absolute atomic E-state index is 13.4. The van der Waals surface area contributed by atoms with Gasteiger partial charge in [0, 0.05) is 19.1 Å². The average molecular weight is 447 g/mol. The van der Waals surface area contributed by atoms with Crippen molar-refractivity contribution in [3.63, 3.8) is 0 Å². The van der Waals surface area contributed by atoms with Crippen LogP contribution in [0.4, 0.5) is 4.39 Å². The van der Waals surface area contributed by atoms with Crippen molar-refractivity contribution in [1.82, 2.24) is 10.2 Å². The van der Waals surface area contributed by atoms with Gasteiger partial charge in [-0.1, -0.05) is 48.5 Å². The van der Waals surface area contributed by atoms with Crippen LogP contribution in [0.1, 0.15) is 45.6 Å². The van der Waals surface area contributed by atoms with E-state index in [-0.39, 0.29) is 23.8 Å². The molecule has 170 valence electrons. The molecule has 0 aliphatic carbocycles. The minimum atomic E-state index is -0.392. The van der Waals surface area contributed by atoms with E-state index in [4.69, 9.17) is 4.74 Å². The van der Waals surface area contributed by atoms with Crippen molar-refractivity contribution in [2.24, 2.45) is 0 Å². The van der Waals surface area contributed by atoms with Crippen LogP contribution in [0.25, 0.3) is 0 Å². The lowest BCUT2D eigenvalue weighted by Gasteiger charge is -2.40. The van der Waals surface area contributed by atoms with Gasteiger partial charge in [-0.05, 0) is 59.9 Å². The molecule has 1 heterocycles. The van der Waals surface area contributed by atoms with E-state index in [9.17, 15) is 14.0 Å². The predicted octanol–water partition coefficient (Wildman–Crippen LogP) is 4.42. The standard InChI is InChI=1S/C27H27FN2O3/c1-18(20-11-13-24(28)14-12-20)30-17-23-6-4-3-5-22(23)15-25(30)26(31)29-16-19-7-9-21(10-8-19)27(32)33-2/h3-14,18,25H,15-17H2,1-2H3,(H,29,31)/t18-,25+/m1/s1. The lowest BCUT2D eigenvalue weighted by atomic mass is 9.91. The zero-order valence-corrected chi connectivity index (χ0v) is 18.8. The number of carbonyl (C=O) groups is 2. The summed E-state index contributed by atoms with van der Waals surface area (Å²) in [6.45, 7) is 3.05. The third-order valence-corrected chi connectivity index (χ3v) is 6.28. The van der Waals surface area contributed by atoms with Gasteiger partial charge in [0.25, 0.3) is 0 Å². The first-order valence-electron chi connectivity index (χ1n) is 11.0. The third kappa shape index (κ3) is 5.12. The van der Waals surface area contributed by atoms with Crippen LogP contribution >= 0.6 is 0 Å². The van der Waals surface area contributed by atoms with E-state index in [2.05, 4.69) is 22.3 Å². The molecule has 0 saturated carbocycles. The van der Waals surface area contributed by atoms with Gasteiger partial charge in [0.05, 0.1) is 18.7 Å². The summed E-state index contributed by atoms with van der Waals surface area (Å²) in [4.78, 5) is 27.1. The van der Waals surface area contributed by atoms with Gasteiger partial charge in [0.2, 0.25) is 5.91 Å². The second kappa shape index (κ2) is 9.96. The number of hydrogen-bond acceptors (Lipinski definition) is 4. The fraction of sp³-hybridized carbons (Fsp3) is 0.259. The Labute approximate surface area is 193 Å². The van der Waals surface area contributed by atoms with E-state index in [1.165, 1.54) is 30.4 Å². The Morgan fingerprint density at radius 2 is 1.70 bits per heavy atom. The van der Waals surface area contributed by atoms with Gasteiger partial charge in [-0.25, -0.2) is 9.18 Å². The summed E-state index contributed by atoms with van der Waals surface area (Å²) in [5.74, 6) is -0.727. The summed E-state index contributed by atoms with van der Waals surface area (Å²) >= 11 is 0. The largest absolute Gasteiger partial charge is 0.465 e. The molecule has 1 aliphatic rings. The minimum absolute atomic E-state index is 0.0597. The van der Waals surface area contributed by atoms with E-state index < -0.39 is 5.97 Å². The monoisotopic (exact) mass is 446 g/mol. The number of nitrogens with zero attached hydrogens (tertiary/aromatic N) is 1. The third-order valence-electron chi connectivity index (χ3n) is 6.28. The first-order valence-corrected chi connectivity index (χ1v) is 11.0. The molecule has 0 saturated heterocycles. The minimum Gasteiger partial charge on any atom is -0.465 e. The number of benzene rings is 3. The number of amides is 1. The topological polar surface area (TPSA) is 58.6 Å². The number of fused-ring (bicyclic) bond motifs is 1. The summed E-state index contributed by atoms with van der Waals surface area (Å²) in [5.41, 5.74) is 4.70. The fourth-order valence-electron chi connectivity index (χ4n) is 4.31. The highest BCUT2D eigenvalue weighted by Crippen LogP contribution is 2.31. The van der Waals surface area contributed by atoms with E-state index >= 15 is 0 Å². The summed E-state index contributed by atoms with van der Waals surface area (Å²) in [7, 11) is 1.34. The lowest BCUT2D eigenvalue weighted by molar-refractivity contribution is -0.128. The molecule has 3 aromatic rings. The van der Waals surface area contributed by atoms with Crippen LogP contribution < -0.4 is 5.32 Å². The van der Waals surface area contributed by atoms with Gasteiger partial charge in [-0.2, -0.15) is 0 Å². The average Bonchev–Trinajstić information content (AvgIpc) is 2.86. The molecule has 0 spiro atoms. The lowest BCUT2D eigenvalue weighted by Crippen LogP contribution is -2.50. The number of hydrogen-bond donors (Lipinski definition) is 1. The van der Waals surface area contributed by atoms with Crippen molar-refractivity contribution in [3.05, 3.63) is 106 Å². The highest BCUT2D eigenvalue weighted by Gasteiger charge is 2.34. The maximum atomic E-state index is 13.4. The molecule has 3 aromatic carbocycles. The van der Waals surface area contributed by atoms with Gasteiger partial charge in [-0.3, -0.25) is 9.69 Å². The van der Waals surface area contributed by atoms with Crippen LogP contribution in [-0.4, -0.2) is 29.9 Å². The Kier molecular flexibility index (Phi) is 6.84. The van der Waals surface area contributed by atoms with E-state index in [0.717, 1.165) is 11.1 Å². The molecular weight excluding hydrogens is 419 g/mol. The molecule has 4 rings (SSSR count). The van der Waals surface area contributed by atoms with Crippen LogP contribution in [0.2, 0.25) is 0 Å². The van der Waals surface area contributed by atoms with E-state index in [1.54, 1.807) is 24.3 Å². The van der Waals surface area contributed by atoms with E-state index in [1.807, 2.05) is 31.2 Å². The van der Waals surface area contributed by atoms with Crippen molar-refractivity contribution in [2.75, 3.05) is 7.11 Å². The highest BCUT2D eigenvalue weighted by molar-refractivity contribution is 5.89. The first-order chi connectivity index (χ1) is 16.0. The summed E-state index contributed by atoms with van der Waals surface area (Å²) in [6, 6.07) is 21.2. The number of nitrogens with one attached hydrogen (secondary N) is 1. The van der Waals surface area contributed by atoms with Crippen LogP contribution in [-0.2, 0) is 29.0 Å². The van der Waals surface area contributed by atoms with Crippen LogP contribution in [0.3, 0.4) is 0 Å². The normalized spacial score (nSPS) is 16.5. The van der Waals surface area contributed by atoms with Gasteiger partial charge >= 0.3 is 5.97 Å². The highest BCUT2D eigenvalue weighted by atomic mass is 19.1. The van der Waals surface area contributed by atoms with Crippen LogP contribution in [0.15, 0.2) is 72.8 Å². The summed E-state index contributed by atoms with van der Waals surface area (Å²) < 4.78 is 18.2. The van der Waals surface area contributed by atoms with Crippen molar-refractivity contribution >= 4 is 11.9 Å². The Morgan fingerprint density at radius 3 is 2.36 bits per heavy atom. The molecule has 6 heteroatoms.